The second kappa shape index (κ2) is 7.02. The van der Waals surface area contributed by atoms with Crippen LogP contribution in [0.25, 0.3) is 0 Å². The van der Waals surface area contributed by atoms with E-state index < -0.39 is 10.0 Å². The Morgan fingerprint density at radius 1 is 1.33 bits per heavy atom. The molecule has 1 rings (SSSR count). The molecule has 118 valence electrons. The third-order valence-electron chi connectivity index (χ3n) is 3.21. The smallest absolute Gasteiger partial charge is 0.238 e. The largest absolute Gasteiger partial charge is 0.330 e. The van der Waals surface area contributed by atoms with Crippen LogP contribution in [0.4, 0.5) is 5.69 Å². The maximum Gasteiger partial charge on any atom is 0.238 e. The molecule has 0 aromatic heterocycles. The molecule has 0 heterocycles. The summed E-state index contributed by atoms with van der Waals surface area (Å²) in [5, 5.41) is 7.84. The molecule has 21 heavy (non-hydrogen) atoms. The van der Waals surface area contributed by atoms with E-state index in [0.717, 1.165) is 5.56 Å². The Bertz CT molecular complexity index is 612. The predicted molar refractivity (Wildman–Crippen MR) is 83.2 cm³/mol. The van der Waals surface area contributed by atoms with Crippen molar-refractivity contribution in [2.45, 2.75) is 32.1 Å². The van der Waals surface area contributed by atoms with Crippen molar-refractivity contribution in [3.05, 3.63) is 23.8 Å². The van der Waals surface area contributed by atoms with E-state index in [0.29, 0.717) is 18.0 Å². The highest BCUT2D eigenvalue weighted by atomic mass is 32.2. The number of carbonyl (C=O) groups is 1. The van der Waals surface area contributed by atoms with Crippen LogP contribution < -0.4 is 16.2 Å². The van der Waals surface area contributed by atoms with Crippen molar-refractivity contribution in [3.8, 4) is 0 Å². The van der Waals surface area contributed by atoms with Gasteiger partial charge in [-0.2, -0.15) is 0 Å². The maximum absolute atomic E-state index is 12.2. The summed E-state index contributed by atoms with van der Waals surface area (Å²) in [6.45, 7) is 6.06. The van der Waals surface area contributed by atoms with Gasteiger partial charge in [-0.25, -0.2) is 13.6 Å². The minimum absolute atomic E-state index is 0.0310. The Kier molecular flexibility index (Phi) is 5.88. The van der Waals surface area contributed by atoms with E-state index in [9.17, 15) is 13.2 Å². The molecule has 6 nitrogen and oxygen atoms in total. The Balaban J connectivity index is 2.99. The number of nitrogens with one attached hydrogen (secondary N) is 1. The lowest BCUT2D eigenvalue weighted by Crippen LogP contribution is -2.30. The van der Waals surface area contributed by atoms with E-state index in [1.165, 1.54) is 12.1 Å². The number of amides is 1. The first kappa shape index (κ1) is 17.6. The van der Waals surface area contributed by atoms with Gasteiger partial charge in [-0.3, -0.25) is 4.79 Å². The molecule has 0 aliphatic heterocycles. The van der Waals surface area contributed by atoms with Crippen molar-refractivity contribution in [1.82, 2.24) is 0 Å². The highest BCUT2D eigenvalue weighted by Crippen LogP contribution is 2.21. The van der Waals surface area contributed by atoms with E-state index in [1.807, 2.05) is 13.8 Å². The Labute approximate surface area is 126 Å². The van der Waals surface area contributed by atoms with Crippen LogP contribution in [0.1, 0.15) is 25.8 Å². The molecule has 0 saturated heterocycles. The van der Waals surface area contributed by atoms with E-state index in [4.69, 9.17) is 10.9 Å². The summed E-state index contributed by atoms with van der Waals surface area (Å²) < 4.78 is 22.7. The molecule has 1 aromatic rings. The zero-order valence-electron chi connectivity index (χ0n) is 12.6. The number of hydrogen-bond acceptors (Lipinski definition) is 4. The molecular weight excluding hydrogens is 290 g/mol. The normalized spacial score (nSPS) is 13.2. The van der Waals surface area contributed by atoms with Crippen molar-refractivity contribution in [1.29, 1.82) is 0 Å². The first-order valence-corrected chi connectivity index (χ1v) is 8.34. The molecule has 0 saturated carbocycles. The van der Waals surface area contributed by atoms with Crippen molar-refractivity contribution >= 4 is 21.6 Å². The van der Waals surface area contributed by atoms with Crippen LogP contribution in [0.5, 0.6) is 0 Å². The Morgan fingerprint density at radius 3 is 2.43 bits per heavy atom. The maximum atomic E-state index is 12.2. The number of sulfonamides is 1. The number of benzene rings is 1. The van der Waals surface area contributed by atoms with Gasteiger partial charge in [-0.15, -0.1) is 0 Å². The molecule has 1 unspecified atom stereocenters. The van der Waals surface area contributed by atoms with Crippen LogP contribution in [0, 0.1) is 18.8 Å². The molecule has 0 bridgehead atoms. The van der Waals surface area contributed by atoms with Crippen molar-refractivity contribution < 1.29 is 13.2 Å². The van der Waals surface area contributed by atoms with Gasteiger partial charge >= 0.3 is 0 Å². The molecule has 0 spiro atoms. The third kappa shape index (κ3) is 5.11. The highest BCUT2D eigenvalue weighted by molar-refractivity contribution is 7.89. The van der Waals surface area contributed by atoms with E-state index >= 15 is 0 Å². The number of hydrogen-bond donors (Lipinski definition) is 3. The fourth-order valence-corrected chi connectivity index (χ4v) is 2.57. The van der Waals surface area contributed by atoms with E-state index in [2.05, 4.69) is 5.32 Å². The van der Waals surface area contributed by atoms with Gasteiger partial charge < -0.3 is 11.1 Å². The van der Waals surface area contributed by atoms with Crippen LogP contribution in [0.3, 0.4) is 0 Å². The number of anilines is 1. The summed E-state index contributed by atoms with van der Waals surface area (Å²) in [5.41, 5.74) is 6.84. The Hall–Kier alpha value is -1.44. The molecule has 5 N–H and O–H groups in total. The minimum atomic E-state index is -3.80. The molecule has 1 atom stereocenters. The molecule has 0 aliphatic rings. The summed E-state index contributed by atoms with van der Waals surface area (Å²) in [6.07, 6.45) is 0.677. The molecule has 7 heteroatoms. The quantitative estimate of drug-likeness (QED) is 0.732. The van der Waals surface area contributed by atoms with Gasteiger partial charge in [0.2, 0.25) is 15.9 Å². The summed E-state index contributed by atoms with van der Waals surface area (Å²) in [6, 6.07) is 4.38. The van der Waals surface area contributed by atoms with Gasteiger partial charge in [0, 0.05) is 12.2 Å². The standard InChI is InChI=1S/C14H23N3O3S/c1-9(2)6-11(8-15)14(18)17-13-7-12(21(16,19)20)5-4-10(13)3/h4-5,7,9,11H,6,8,15H2,1-3H3,(H,17,18)(H2,16,19,20). The van der Waals surface area contributed by atoms with E-state index in [1.54, 1.807) is 13.0 Å². The fraction of sp³-hybridized carbons (Fsp3) is 0.500. The summed E-state index contributed by atoms with van der Waals surface area (Å²) in [7, 11) is -3.80. The van der Waals surface area contributed by atoms with Crippen molar-refractivity contribution in [3.63, 3.8) is 0 Å². The number of aryl methyl sites for hydroxylation is 1. The second-order valence-corrected chi connectivity index (χ2v) is 7.13. The van der Waals surface area contributed by atoms with Gasteiger partial charge in [0.15, 0.2) is 0 Å². The van der Waals surface area contributed by atoms with Crippen molar-refractivity contribution in [2.24, 2.45) is 22.7 Å². The van der Waals surface area contributed by atoms with Crippen LogP contribution in [0.15, 0.2) is 23.1 Å². The van der Waals surface area contributed by atoms with Crippen molar-refractivity contribution in [2.75, 3.05) is 11.9 Å². The first-order valence-electron chi connectivity index (χ1n) is 6.79. The van der Waals surface area contributed by atoms with Crippen LogP contribution in [-0.2, 0) is 14.8 Å². The van der Waals surface area contributed by atoms with E-state index in [-0.39, 0.29) is 23.3 Å². The summed E-state index contributed by atoms with van der Waals surface area (Å²) in [5.74, 6) is -0.162. The molecular formula is C14H23N3O3S. The van der Waals surface area contributed by atoms with Gasteiger partial charge in [0.1, 0.15) is 0 Å². The molecule has 0 radical (unpaired) electrons. The zero-order chi connectivity index (χ0) is 16.2. The molecule has 1 amide bonds. The van der Waals surface area contributed by atoms with Crippen LogP contribution in [-0.4, -0.2) is 20.9 Å². The van der Waals surface area contributed by atoms with Gasteiger partial charge in [-0.05, 0) is 37.0 Å². The predicted octanol–water partition coefficient (Wildman–Crippen LogP) is 1.20. The highest BCUT2D eigenvalue weighted by Gasteiger charge is 2.19. The monoisotopic (exact) mass is 313 g/mol. The molecule has 0 aliphatic carbocycles. The van der Waals surface area contributed by atoms with Gasteiger partial charge in [-0.1, -0.05) is 19.9 Å². The minimum Gasteiger partial charge on any atom is -0.330 e. The average Bonchev–Trinajstić information content (AvgIpc) is 2.36. The number of carbonyl (C=O) groups excluding carboxylic acids is 1. The number of rotatable bonds is 6. The number of nitrogens with two attached hydrogens (primary N) is 2. The lowest BCUT2D eigenvalue weighted by Gasteiger charge is -2.18. The summed E-state index contributed by atoms with van der Waals surface area (Å²) >= 11 is 0. The summed E-state index contributed by atoms with van der Waals surface area (Å²) in [4.78, 5) is 12.2. The number of primary sulfonamides is 1. The molecule has 1 aromatic carbocycles. The third-order valence-corrected chi connectivity index (χ3v) is 4.12. The Morgan fingerprint density at radius 2 is 1.95 bits per heavy atom. The average molecular weight is 313 g/mol. The lowest BCUT2D eigenvalue weighted by molar-refractivity contribution is -0.120. The van der Waals surface area contributed by atoms with Crippen LogP contribution in [0.2, 0.25) is 0 Å². The fourth-order valence-electron chi connectivity index (χ4n) is 2.03. The lowest BCUT2D eigenvalue weighted by atomic mass is 9.96. The van der Waals surface area contributed by atoms with Crippen LogP contribution >= 0.6 is 0 Å². The zero-order valence-corrected chi connectivity index (χ0v) is 13.4. The first-order chi connectivity index (χ1) is 9.65. The second-order valence-electron chi connectivity index (χ2n) is 5.57. The van der Waals surface area contributed by atoms with Gasteiger partial charge in [0.25, 0.3) is 0 Å². The topological polar surface area (TPSA) is 115 Å². The SMILES string of the molecule is Cc1ccc(S(N)(=O)=O)cc1NC(=O)C(CN)CC(C)C. The van der Waals surface area contributed by atoms with Gasteiger partial charge in [0.05, 0.1) is 10.8 Å². The molecule has 0 fully saturated rings.